The van der Waals surface area contributed by atoms with Crippen LogP contribution in [-0.2, 0) is 0 Å². The lowest BCUT2D eigenvalue weighted by Gasteiger charge is -2.21. The van der Waals surface area contributed by atoms with E-state index in [2.05, 4.69) is 20.9 Å². The van der Waals surface area contributed by atoms with E-state index in [-0.39, 0.29) is 28.8 Å². The highest BCUT2D eigenvalue weighted by Gasteiger charge is 2.27. The highest BCUT2D eigenvalue weighted by molar-refractivity contribution is 6.11. The van der Waals surface area contributed by atoms with Crippen LogP contribution < -0.4 is 16.0 Å². The molecule has 7 nitrogen and oxygen atoms in total. The number of halogens is 3. The molecule has 0 saturated heterocycles. The SMILES string of the molecule is CNC(=O)c1c(-c2ccc(F)cc2)oc2nc(NCC(C)(F)F)c(-c3cccc(C(=O)NC(C)(C)C)c3)cc12. The van der Waals surface area contributed by atoms with Crippen molar-refractivity contribution >= 4 is 28.7 Å². The largest absolute Gasteiger partial charge is 0.437 e. The lowest BCUT2D eigenvalue weighted by atomic mass is 9.99. The number of carbonyl (C=O) groups excluding carboxylic acids is 2. The van der Waals surface area contributed by atoms with Crippen LogP contribution in [0.15, 0.2) is 59.0 Å². The summed E-state index contributed by atoms with van der Waals surface area (Å²) in [7, 11) is 1.46. The summed E-state index contributed by atoms with van der Waals surface area (Å²) in [5, 5.41) is 8.47. The van der Waals surface area contributed by atoms with E-state index in [0.29, 0.717) is 27.6 Å². The number of hydrogen-bond donors (Lipinski definition) is 3. The molecular weight excluding hydrogens is 509 g/mol. The number of rotatable bonds is 7. The molecule has 0 bridgehead atoms. The van der Waals surface area contributed by atoms with E-state index in [4.69, 9.17) is 4.42 Å². The van der Waals surface area contributed by atoms with Crippen molar-refractivity contribution in [3.63, 3.8) is 0 Å². The molecule has 2 amide bonds. The number of amides is 2. The predicted molar refractivity (Wildman–Crippen MR) is 145 cm³/mol. The van der Waals surface area contributed by atoms with Gasteiger partial charge in [0.2, 0.25) is 5.71 Å². The topological polar surface area (TPSA) is 96.3 Å². The number of benzene rings is 2. The van der Waals surface area contributed by atoms with Crippen LogP contribution in [0.5, 0.6) is 0 Å². The number of pyridine rings is 1. The van der Waals surface area contributed by atoms with Crippen molar-refractivity contribution in [1.29, 1.82) is 0 Å². The molecule has 4 aromatic rings. The van der Waals surface area contributed by atoms with Gasteiger partial charge in [-0.15, -0.1) is 0 Å². The van der Waals surface area contributed by atoms with Gasteiger partial charge in [-0.05, 0) is 68.8 Å². The normalized spacial score (nSPS) is 11.9. The van der Waals surface area contributed by atoms with Crippen LogP contribution in [0.4, 0.5) is 19.0 Å². The van der Waals surface area contributed by atoms with Gasteiger partial charge in [-0.2, -0.15) is 4.98 Å². The molecular formula is C29H29F3N4O3. The lowest BCUT2D eigenvalue weighted by molar-refractivity contribution is 0.0367. The number of aromatic nitrogens is 1. The second-order valence-corrected chi connectivity index (χ2v) is 10.3. The second kappa shape index (κ2) is 10.4. The summed E-state index contributed by atoms with van der Waals surface area (Å²) >= 11 is 0. The summed E-state index contributed by atoms with van der Waals surface area (Å²) in [5.74, 6) is -4.04. The van der Waals surface area contributed by atoms with Crippen LogP contribution in [-0.4, -0.2) is 41.9 Å². The summed E-state index contributed by atoms with van der Waals surface area (Å²) in [6.07, 6.45) is 0. The monoisotopic (exact) mass is 538 g/mol. The third-order valence-electron chi connectivity index (χ3n) is 5.73. The quantitative estimate of drug-likeness (QED) is 0.258. The minimum Gasteiger partial charge on any atom is -0.437 e. The van der Waals surface area contributed by atoms with Crippen molar-refractivity contribution in [2.24, 2.45) is 0 Å². The van der Waals surface area contributed by atoms with E-state index in [1.54, 1.807) is 30.3 Å². The maximum Gasteiger partial charge on any atom is 0.262 e. The highest BCUT2D eigenvalue weighted by Crippen LogP contribution is 2.38. The minimum atomic E-state index is -3.04. The number of carbonyl (C=O) groups is 2. The van der Waals surface area contributed by atoms with E-state index in [1.807, 2.05) is 20.8 Å². The van der Waals surface area contributed by atoms with E-state index < -0.39 is 29.7 Å². The van der Waals surface area contributed by atoms with Gasteiger partial charge >= 0.3 is 0 Å². The maximum absolute atomic E-state index is 13.8. The van der Waals surface area contributed by atoms with Crippen molar-refractivity contribution < 1.29 is 27.2 Å². The van der Waals surface area contributed by atoms with E-state index in [0.717, 1.165) is 6.92 Å². The molecule has 0 radical (unpaired) electrons. The molecule has 0 fully saturated rings. The van der Waals surface area contributed by atoms with Gasteiger partial charge < -0.3 is 20.4 Å². The standard InChI is InChI=1S/C29H29F3N4O3/c1-28(2,3)36-25(37)18-8-6-7-17(13-18)20-14-21-22(26(38)33-5)23(16-9-11-19(30)12-10-16)39-27(21)35-24(20)34-15-29(4,31)32/h6-14H,15H2,1-5H3,(H,33,38)(H,34,35)(H,36,37). The van der Waals surface area contributed by atoms with Crippen LogP contribution in [0.25, 0.3) is 33.6 Å². The Morgan fingerprint density at radius 1 is 0.949 bits per heavy atom. The zero-order valence-electron chi connectivity index (χ0n) is 22.2. The molecule has 3 N–H and O–H groups in total. The van der Waals surface area contributed by atoms with E-state index in [9.17, 15) is 22.8 Å². The van der Waals surface area contributed by atoms with Crippen molar-refractivity contribution in [3.8, 4) is 22.5 Å². The Hall–Kier alpha value is -4.34. The Labute approximate surface area is 223 Å². The van der Waals surface area contributed by atoms with Crippen LogP contribution >= 0.6 is 0 Å². The molecule has 2 aromatic heterocycles. The fourth-order valence-corrected chi connectivity index (χ4v) is 4.01. The number of hydrogen-bond acceptors (Lipinski definition) is 5. The molecule has 4 rings (SSSR count). The first-order valence-corrected chi connectivity index (χ1v) is 12.3. The summed E-state index contributed by atoms with van der Waals surface area (Å²) in [5.41, 5.74) is 1.41. The fraction of sp³-hybridized carbons (Fsp3) is 0.276. The van der Waals surface area contributed by atoms with Crippen LogP contribution in [0, 0.1) is 5.82 Å². The average Bonchev–Trinajstić information content (AvgIpc) is 3.24. The second-order valence-electron chi connectivity index (χ2n) is 10.3. The molecule has 2 aromatic carbocycles. The Morgan fingerprint density at radius 3 is 2.26 bits per heavy atom. The minimum absolute atomic E-state index is 0.0280. The zero-order valence-corrected chi connectivity index (χ0v) is 22.2. The number of furan rings is 1. The third kappa shape index (κ3) is 6.39. The molecule has 2 heterocycles. The molecule has 0 unspecified atom stereocenters. The van der Waals surface area contributed by atoms with Crippen LogP contribution in [0.1, 0.15) is 48.4 Å². The number of fused-ring (bicyclic) bond motifs is 1. The average molecular weight is 539 g/mol. The van der Waals surface area contributed by atoms with Crippen molar-refractivity contribution in [2.45, 2.75) is 39.2 Å². The van der Waals surface area contributed by atoms with Gasteiger partial charge in [0, 0.05) is 36.2 Å². The van der Waals surface area contributed by atoms with Gasteiger partial charge in [0.1, 0.15) is 17.4 Å². The molecule has 204 valence electrons. The van der Waals surface area contributed by atoms with Crippen molar-refractivity contribution in [3.05, 3.63) is 71.5 Å². The Bertz CT molecular complexity index is 1530. The van der Waals surface area contributed by atoms with Gasteiger partial charge in [0.25, 0.3) is 17.7 Å². The first-order valence-electron chi connectivity index (χ1n) is 12.3. The number of nitrogens with zero attached hydrogens (tertiary/aromatic N) is 1. The number of nitrogens with one attached hydrogen (secondary N) is 3. The first kappa shape index (κ1) is 27.7. The molecule has 0 spiro atoms. The summed E-state index contributed by atoms with van der Waals surface area (Å²) in [4.78, 5) is 30.3. The van der Waals surface area contributed by atoms with Crippen molar-refractivity contribution in [1.82, 2.24) is 15.6 Å². The predicted octanol–water partition coefficient (Wildman–Crippen LogP) is 6.26. The molecule has 0 aliphatic rings. The van der Waals surface area contributed by atoms with Gasteiger partial charge in [-0.1, -0.05) is 12.1 Å². The fourth-order valence-electron chi connectivity index (χ4n) is 4.01. The zero-order chi connectivity index (χ0) is 28.5. The van der Waals surface area contributed by atoms with Gasteiger partial charge in [-0.25, -0.2) is 13.2 Å². The molecule has 10 heteroatoms. The Balaban J connectivity index is 1.93. The van der Waals surface area contributed by atoms with Crippen LogP contribution in [0.3, 0.4) is 0 Å². The van der Waals surface area contributed by atoms with Gasteiger partial charge in [0.05, 0.1) is 17.5 Å². The lowest BCUT2D eigenvalue weighted by Crippen LogP contribution is -2.40. The van der Waals surface area contributed by atoms with Gasteiger partial charge in [0.15, 0.2) is 0 Å². The molecule has 0 aliphatic heterocycles. The smallest absolute Gasteiger partial charge is 0.262 e. The third-order valence-corrected chi connectivity index (χ3v) is 5.73. The molecule has 0 aliphatic carbocycles. The van der Waals surface area contributed by atoms with Crippen molar-refractivity contribution in [2.75, 3.05) is 18.9 Å². The van der Waals surface area contributed by atoms with E-state index in [1.165, 1.54) is 31.3 Å². The Kier molecular flexibility index (Phi) is 7.41. The van der Waals surface area contributed by atoms with Gasteiger partial charge in [-0.3, -0.25) is 9.59 Å². The Morgan fingerprint density at radius 2 is 1.64 bits per heavy atom. The molecule has 0 atom stereocenters. The molecule has 0 saturated carbocycles. The first-order chi connectivity index (χ1) is 18.3. The maximum atomic E-state index is 13.8. The molecule has 39 heavy (non-hydrogen) atoms. The van der Waals surface area contributed by atoms with Crippen LogP contribution in [0.2, 0.25) is 0 Å². The number of alkyl halides is 2. The number of anilines is 1. The van der Waals surface area contributed by atoms with E-state index >= 15 is 0 Å². The summed E-state index contributed by atoms with van der Waals surface area (Å²) in [6.45, 7) is 5.64. The summed E-state index contributed by atoms with van der Waals surface area (Å²) < 4.78 is 47.1. The summed E-state index contributed by atoms with van der Waals surface area (Å²) in [6, 6.07) is 13.7. The highest BCUT2D eigenvalue weighted by atomic mass is 19.3.